The molecule has 1 amide bonds. The quantitative estimate of drug-likeness (QED) is 0.818. The van der Waals surface area contributed by atoms with E-state index in [0.717, 1.165) is 63.5 Å². The smallest absolute Gasteiger partial charge is 0.277 e. The molecule has 2 aromatic carbocycles. The summed E-state index contributed by atoms with van der Waals surface area (Å²) < 4.78 is 11.7. The van der Waals surface area contributed by atoms with Crippen LogP contribution in [-0.2, 0) is 4.79 Å². The molecule has 31 heavy (non-hydrogen) atoms. The molecule has 6 nitrogen and oxygen atoms in total. The number of rotatable bonds is 4. The molecule has 0 saturated carbocycles. The van der Waals surface area contributed by atoms with Crippen molar-refractivity contribution in [3.63, 3.8) is 0 Å². The summed E-state index contributed by atoms with van der Waals surface area (Å²) in [5, 5.41) is 0. The summed E-state index contributed by atoms with van der Waals surface area (Å²) in [6.07, 6.45) is 3.18. The molecule has 3 aliphatic rings. The van der Waals surface area contributed by atoms with E-state index in [9.17, 15) is 4.79 Å². The second-order valence-electron chi connectivity index (χ2n) is 8.74. The van der Waals surface area contributed by atoms with Crippen molar-refractivity contribution >= 4 is 11.6 Å². The van der Waals surface area contributed by atoms with Crippen molar-refractivity contribution in [1.29, 1.82) is 0 Å². The van der Waals surface area contributed by atoms with Gasteiger partial charge in [-0.1, -0.05) is 18.2 Å². The number of carbonyl (C=O) groups is 1. The van der Waals surface area contributed by atoms with Gasteiger partial charge in [-0.25, -0.2) is 0 Å². The molecule has 0 bridgehead atoms. The predicted molar refractivity (Wildman–Crippen MR) is 120 cm³/mol. The van der Waals surface area contributed by atoms with E-state index in [0.29, 0.717) is 25.8 Å². The largest absolute Gasteiger partial charge is 0.490 e. The molecular formula is C25H32N3O3+. The zero-order valence-electron chi connectivity index (χ0n) is 18.1. The summed E-state index contributed by atoms with van der Waals surface area (Å²) >= 11 is 0. The lowest BCUT2D eigenvalue weighted by atomic mass is 10.0. The topological polar surface area (TPSA) is 46.5 Å². The summed E-state index contributed by atoms with van der Waals surface area (Å²) in [5.74, 6) is 1.97. The lowest BCUT2D eigenvalue weighted by Crippen LogP contribution is -3.11. The van der Waals surface area contributed by atoms with Gasteiger partial charge in [-0.15, -0.1) is 0 Å². The van der Waals surface area contributed by atoms with Crippen molar-refractivity contribution in [2.75, 3.05) is 57.4 Å². The standard InChI is InChI=1S/C25H31N3O3/c29-25(27-14-12-26(13-15-27)21-6-2-1-3-7-21)19-28-11-4-8-22(28)20-9-10-23-24(18-20)31-17-5-16-30-23/h1-3,6-7,9-10,18,22H,4-5,8,11-17,19H2/p+1/t22-/m1/s1. The zero-order chi connectivity index (χ0) is 21.0. The number of ether oxygens (including phenoxy) is 2. The number of nitrogens with zero attached hydrogens (tertiary/aromatic N) is 2. The first-order valence-electron chi connectivity index (χ1n) is 11.6. The van der Waals surface area contributed by atoms with Gasteiger partial charge in [0.2, 0.25) is 0 Å². The van der Waals surface area contributed by atoms with Gasteiger partial charge in [-0.2, -0.15) is 0 Å². The number of para-hydroxylation sites is 1. The van der Waals surface area contributed by atoms with Crippen molar-refractivity contribution in [3.05, 3.63) is 54.1 Å². The molecular weight excluding hydrogens is 390 g/mol. The van der Waals surface area contributed by atoms with Crippen molar-refractivity contribution in [2.24, 2.45) is 0 Å². The fourth-order valence-electron chi connectivity index (χ4n) is 5.08. The van der Waals surface area contributed by atoms with Gasteiger partial charge in [0.1, 0.15) is 6.04 Å². The van der Waals surface area contributed by atoms with Crippen LogP contribution in [0.5, 0.6) is 11.5 Å². The number of benzene rings is 2. The number of likely N-dealkylation sites (tertiary alicyclic amines) is 1. The highest BCUT2D eigenvalue weighted by Crippen LogP contribution is 2.33. The number of hydrogen-bond acceptors (Lipinski definition) is 4. The fourth-order valence-corrected chi connectivity index (χ4v) is 5.08. The van der Waals surface area contributed by atoms with E-state index in [4.69, 9.17) is 9.47 Å². The molecule has 2 fully saturated rings. The molecule has 3 heterocycles. The summed E-state index contributed by atoms with van der Waals surface area (Å²) in [5.41, 5.74) is 2.51. The first kappa shape index (κ1) is 20.2. The van der Waals surface area contributed by atoms with Crippen molar-refractivity contribution in [2.45, 2.75) is 25.3 Å². The SMILES string of the molecule is O=C(C[NH+]1CCC[C@@H]1c1ccc2c(c1)OCCCO2)N1CCN(c2ccccc2)CC1. The highest BCUT2D eigenvalue weighted by molar-refractivity contribution is 5.77. The predicted octanol–water partition coefficient (Wildman–Crippen LogP) is 1.92. The number of fused-ring (bicyclic) bond motifs is 1. The van der Waals surface area contributed by atoms with Gasteiger partial charge in [0.25, 0.3) is 5.91 Å². The Labute approximate surface area is 184 Å². The van der Waals surface area contributed by atoms with E-state index in [1.165, 1.54) is 16.2 Å². The number of quaternary nitrogens is 1. The molecule has 0 spiro atoms. The summed E-state index contributed by atoms with van der Waals surface area (Å²) in [7, 11) is 0. The van der Waals surface area contributed by atoms with E-state index in [1.807, 2.05) is 12.1 Å². The molecule has 5 rings (SSSR count). The molecule has 2 aromatic rings. The molecule has 0 aromatic heterocycles. The normalized spacial score (nSPS) is 23.5. The highest BCUT2D eigenvalue weighted by Gasteiger charge is 2.34. The number of carbonyl (C=O) groups excluding carboxylic acids is 1. The van der Waals surface area contributed by atoms with Gasteiger partial charge in [-0.05, 0) is 30.3 Å². The van der Waals surface area contributed by atoms with Crippen molar-refractivity contribution < 1.29 is 19.2 Å². The Morgan fingerprint density at radius 1 is 0.935 bits per heavy atom. The van der Waals surface area contributed by atoms with Gasteiger partial charge in [0.05, 0.1) is 19.8 Å². The van der Waals surface area contributed by atoms with Crippen molar-refractivity contribution in [3.8, 4) is 11.5 Å². The van der Waals surface area contributed by atoms with Gasteiger partial charge in [0.15, 0.2) is 18.0 Å². The third kappa shape index (κ3) is 4.49. The van der Waals surface area contributed by atoms with Gasteiger partial charge in [0, 0.05) is 56.7 Å². The second-order valence-corrected chi connectivity index (χ2v) is 8.74. The minimum absolute atomic E-state index is 0.281. The van der Waals surface area contributed by atoms with Gasteiger partial charge < -0.3 is 24.2 Å². The van der Waals surface area contributed by atoms with Crippen LogP contribution in [0.2, 0.25) is 0 Å². The molecule has 3 aliphatic heterocycles. The Hall–Kier alpha value is -2.73. The van der Waals surface area contributed by atoms with E-state index in [1.54, 1.807) is 0 Å². The number of hydrogen-bond donors (Lipinski definition) is 1. The molecule has 6 heteroatoms. The Bertz CT molecular complexity index is 896. The van der Waals surface area contributed by atoms with E-state index >= 15 is 0 Å². The van der Waals surface area contributed by atoms with Crippen LogP contribution >= 0.6 is 0 Å². The minimum Gasteiger partial charge on any atom is -0.490 e. The Morgan fingerprint density at radius 2 is 1.71 bits per heavy atom. The molecule has 0 aliphatic carbocycles. The van der Waals surface area contributed by atoms with E-state index in [-0.39, 0.29) is 5.91 Å². The van der Waals surface area contributed by atoms with Crippen LogP contribution in [0.3, 0.4) is 0 Å². The zero-order valence-corrected chi connectivity index (χ0v) is 18.1. The maximum Gasteiger partial charge on any atom is 0.277 e. The van der Waals surface area contributed by atoms with Crippen LogP contribution in [-0.4, -0.2) is 63.3 Å². The first-order chi connectivity index (χ1) is 15.3. The third-order valence-corrected chi connectivity index (χ3v) is 6.79. The van der Waals surface area contributed by atoms with Crippen LogP contribution < -0.4 is 19.3 Å². The van der Waals surface area contributed by atoms with E-state index < -0.39 is 0 Å². The lowest BCUT2D eigenvalue weighted by molar-refractivity contribution is -0.910. The Morgan fingerprint density at radius 3 is 2.52 bits per heavy atom. The van der Waals surface area contributed by atoms with E-state index in [2.05, 4.69) is 46.2 Å². The third-order valence-electron chi connectivity index (χ3n) is 6.79. The average molecular weight is 423 g/mol. The second kappa shape index (κ2) is 9.18. The Kier molecular flexibility index (Phi) is 5.98. The Balaban J connectivity index is 1.20. The molecule has 1 unspecified atom stereocenters. The van der Waals surface area contributed by atoms with Crippen LogP contribution in [0.4, 0.5) is 5.69 Å². The minimum atomic E-state index is 0.281. The first-order valence-corrected chi connectivity index (χ1v) is 11.6. The monoisotopic (exact) mass is 422 g/mol. The van der Waals surface area contributed by atoms with Gasteiger partial charge in [-0.3, -0.25) is 4.79 Å². The molecule has 164 valence electrons. The molecule has 1 N–H and O–H groups in total. The highest BCUT2D eigenvalue weighted by atomic mass is 16.5. The number of anilines is 1. The number of piperazine rings is 1. The van der Waals surface area contributed by atoms with Crippen LogP contribution in [0.25, 0.3) is 0 Å². The number of amides is 1. The number of nitrogens with one attached hydrogen (secondary N) is 1. The van der Waals surface area contributed by atoms with Crippen LogP contribution in [0.1, 0.15) is 30.9 Å². The molecule has 2 atom stereocenters. The maximum atomic E-state index is 13.1. The maximum absolute atomic E-state index is 13.1. The summed E-state index contributed by atoms with van der Waals surface area (Å²) in [4.78, 5) is 18.9. The summed E-state index contributed by atoms with van der Waals surface area (Å²) in [6, 6.07) is 17.2. The molecule has 0 radical (unpaired) electrons. The van der Waals surface area contributed by atoms with Gasteiger partial charge >= 0.3 is 0 Å². The lowest BCUT2D eigenvalue weighted by Gasteiger charge is -2.36. The average Bonchev–Trinajstić information content (AvgIpc) is 3.15. The van der Waals surface area contributed by atoms with Crippen LogP contribution in [0, 0.1) is 0 Å². The molecule has 2 saturated heterocycles. The summed E-state index contributed by atoms with van der Waals surface area (Å²) in [6.45, 7) is 6.43. The fraction of sp³-hybridized carbons (Fsp3) is 0.480. The van der Waals surface area contributed by atoms with Crippen molar-refractivity contribution in [1.82, 2.24) is 4.90 Å². The van der Waals surface area contributed by atoms with Crippen LogP contribution in [0.15, 0.2) is 48.5 Å².